The quantitative estimate of drug-likeness (QED) is 0.879. The van der Waals surface area contributed by atoms with E-state index in [9.17, 15) is 4.79 Å². The lowest BCUT2D eigenvalue weighted by atomic mass is 9.89. The summed E-state index contributed by atoms with van der Waals surface area (Å²) in [7, 11) is 0. The van der Waals surface area contributed by atoms with Gasteiger partial charge in [0.25, 0.3) is 0 Å². The van der Waals surface area contributed by atoms with Gasteiger partial charge in [0.15, 0.2) is 0 Å². The summed E-state index contributed by atoms with van der Waals surface area (Å²) in [4.78, 5) is 17.1. The number of rotatable bonds is 6. The molecule has 0 fully saturated rings. The number of ether oxygens (including phenoxy) is 1. The lowest BCUT2D eigenvalue weighted by Gasteiger charge is -2.29. The SMILES string of the molecule is CC(C)(COCc1ccccc1)C(=O)NC1CCc2ncccc2C1. The maximum absolute atomic E-state index is 12.7. The van der Waals surface area contributed by atoms with Crippen LogP contribution in [0.2, 0.25) is 0 Å². The minimum absolute atomic E-state index is 0.0536. The van der Waals surface area contributed by atoms with Crippen LogP contribution in [0.5, 0.6) is 0 Å². The second-order valence-electron chi connectivity index (χ2n) is 7.38. The Bertz CT molecular complexity index is 713. The van der Waals surface area contributed by atoms with E-state index in [1.54, 1.807) is 0 Å². The minimum atomic E-state index is -0.552. The molecule has 1 aliphatic rings. The fraction of sp³-hybridized carbons (Fsp3) is 0.429. The van der Waals surface area contributed by atoms with E-state index in [1.165, 1.54) is 11.3 Å². The van der Waals surface area contributed by atoms with Crippen molar-refractivity contribution in [1.82, 2.24) is 10.3 Å². The van der Waals surface area contributed by atoms with Crippen LogP contribution < -0.4 is 5.32 Å². The van der Waals surface area contributed by atoms with Crippen molar-refractivity contribution in [2.45, 2.75) is 45.8 Å². The first-order valence-electron chi connectivity index (χ1n) is 8.90. The third kappa shape index (κ3) is 4.67. The van der Waals surface area contributed by atoms with Crippen LogP contribution in [0.1, 0.15) is 37.1 Å². The fourth-order valence-corrected chi connectivity index (χ4v) is 3.13. The molecule has 1 N–H and O–H groups in total. The van der Waals surface area contributed by atoms with E-state index in [4.69, 9.17) is 4.74 Å². The molecule has 0 saturated carbocycles. The Morgan fingerprint density at radius 2 is 2.04 bits per heavy atom. The molecule has 3 rings (SSSR count). The first kappa shape index (κ1) is 17.6. The fourth-order valence-electron chi connectivity index (χ4n) is 3.13. The second kappa shape index (κ2) is 7.79. The van der Waals surface area contributed by atoms with E-state index in [0.29, 0.717) is 13.2 Å². The van der Waals surface area contributed by atoms with Crippen LogP contribution >= 0.6 is 0 Å². The van der Waals surface area contributed by atoms with Crippen molar-refractivity contribution in [3.05, 3.63) is 65.5 Å². The average molecular weight is 338 g/mol. The number of nitrogens with zero attached hydrogens (tertiary/aromatic N) is 1. The number of hydrogen-bond donors (Lipinski definition) is 1. The number of benzene rings is 1. The van der Waals surface area contributed by atoms with Crippen molar-refractivity contribution in [1.29, 1.82) is 0 Å². The normalized spacial score (nSPS) is 17.0. The largest absolute Gasteiger partial charge is 0.376 e. The highest BCUT2D eigenvalue weighted by atomic mass is 16.5. The Morgan fingerprint density at radius 3 is 2.84 bits per heavy atom. The molecule has 0 bridgehead atoms. The third-order valence-corrected chi connectivity index (χ3v) is 4.70. The summed E-state index contributed by atoms with van der Waals surface area (Å²) in [6, 6.07) is 14.3. The van der Waals surface area contributed by atoms with Crippen LogP contribution in [0.3, 0.4) is 0 Å². The molecule has 25 heavy (non-hydrogen) atoms. The molecular weight excluding hydrogens is 312 g/mol. The van der Waals surface area contributed by atoms with Crippen LogP contribution in [-0.4, -0.2) is 23.5 Å². The number of pyridine rings is 1. The van der Waals surface area contributed by atoms with Gasteiger partial charge in [-0.15, -0.1) is 0 Å². The van der Waals surface area contributed by atoms with Gasteiger partial charge in [0.05, 0.1) is 18.6 Å². The van der Waals surface area contributed by atoms with Gasteiger partial charge < -0.3 is 10.1 Å². The smallest absolute Gasteiger partial charge is 0.228 e. The van der Waals surface area contributed by atoms with Crippen LogP contribution in [0.4, 0.5) is 0 Å². The minimum Gasteiger partial charge on any atom is -0.376 e. The van der Waals surface area contributed by atoms with Crippen molar-refractivity contribution in [3.8, 4) is 0 Å². The van der Waals surface area contributed by atoms with Gasteiger partial charge in [0.2, 0.25) is 5.91 Å². The van der Waals surface area contributed by atoms with Gasteiger partial charge in [-0.2, -0.15) is 0 Å². The lowest BCUT2D eigenvalue weighted by Crippen LogP contribution is -2.46. The van der Waals surface area contributed by atoms with E-state index in [0.717, 1.165) is 24.8 Å². The van der Waals surface area contributed by atoms with Gasteiger partial charge in [0.1, 0.15) is 0 Å². The Kier molecular flexibility index (Phi) is 5.49. The summed E-state index contributed by atoms with van der Waals surface area (Å²) < 4.78 is 5.78. The predicted octanol–water partition coefficient (Wildman–Crippen LogP) is 3.30. The zero-order chi connectivity index (χ0) is 17.7. The molecule has 2 aromatic rings. The number of amides is 1. The molecule has 1 unspecified atom stereocenters. The number of aryl methyl sites for hydroxylation is 1. The average Bonchev–Trinajstić information content (AvgIpc) is 2.62. The number of nitrogens with one attached hydrogen (secondary N) is 1. The molecular formula is C21H26N2O2. The van der Waals surface area contributed by atoms with Crippen molar-refractivity contribution >= 4 is 5.91 Å². The van der Waals surface area contributed by atoms with E-state index < -0.39 is 5.41 Å². The molecule has 1 aliphatic carbocycles. The summed E-state index contributed by atoms with van der Waals surface area (Å²) in [5.74, 6) is 0.0536. The number of carbonyl (C=O) groups is 1. The molecule has 1 aromatic carbocycles. The molecule has 1 amide bonds. The van der Waals surface area contributed by atoms with Crippen LogP contribution in [0, 0.1) is 5.41 Å². The molecule has 1 atom stereocenters. The Morgan fingerprint density at radius 1 is 1.24 bits per heavy atom. The van der Waals surface area contributed by atoms with E-state index in [1.807, 2.05) is 56.4 Å². The standard InChI is InChI=1S/C21H26N2O2/c1-21(2,15-25-14-16-7-4-3-5-8-16)20(24)23-18-10-11-19-17(13-18)9-6-12-22-19/h3-9,12,18H,10-11,13-15H2,1-2H3,(H,23,24). The zero-order valence-electron chi connectivity index (χ0n) is 15.0. The summed E-state index contributed by atoms with van der Waals surface area (Å²) >= 11 is 0. The van der Waals surface area contributed by atoms with E-state index in [-0.39, 0.29) is 11.9 Å². The van der Waals surface area contributed by atoms with Crippen LogP contribution in [0.15, 0.2) is 48.7 Å². The van der Waals surface area contributed by atoms with Crippen molar-refractivity contribution in [3.63, 3.8) is 0 Å². The Labute approximate surface area is 149 Å². The van der Waals surface area contributed by atoms with Crippen LogP contribution in [0.25, 0.3) is 0 Å². The maximum atomic E-state index is 12.7. The molecule has 0 spiro atoms. The summed E-state index contributed by atoms with van der Waals surface area (Å²) in [6.07, 6.45) is 4.56. The Balaban J connectivity index is 1.50. The highest BCUT2D eigenvalue weighted by molar-refractivity contribution is 5.82. The Hall–Kier alpha value is -2.20. The van der Waals surface area contributed by atoms with Gasteiger partial charge in [-0.1, -0.05) is 36.4 Å². The molecule has 4 heteroatoms. The highest BCUT2D eigenvalue weighted by Gasteiger charge is 2.31. The molecule has 132 valence electrons. The molecule has 0 radical (unpaired) electrons. The monoisotopic (exact) mass is 338 g/mol. The number of hydrogen-bond acceptors (Lipinski definition) is 3. The first-order chi connectivity index (χ1) is 12.0. The van der Waals surface area contributed by atoms with Crippen LogP contribution in [-0.2, 0) is 29.0 Å². The first-order valence-corrected chi connectivity index (χ1v) is 8.90. The van der Waals surface area contributed by atoms with Gasteiger partial charge in [-0.25, -0.2) is 0 Å². The molecule has 0 saturated heterocycles. The summed E-state index contributed by atoms with van der Waals surface area (Å²) in [5.41, 5.74) is 2.98. The summed E-state index contributed by atoms with van der Waals surface area (Å²) in [5, 5.41) is 3.20. The molecule has 1 heterocycles. The lowest BCUT2D eigenvalue weighted by molar-refractivity contribution is -0.133. The van der Waals surface area contributed by atoms with E-state index in [2.05, 4.69) is 16.4 Å². The molecule has 0 aliphatic heterocycles. The number of carbonyl (C=O) groups excluding carboxylic acids is 1. The van der Waals surface area contributed by atoms with Crippen molar-refractivity contribution < 1.29 is 9.53 Å². The second-order valence-corrected chi connectivity index (χ2v) is 7.38. The zero-order valence-corrected chi connectivity index (χ0v) is 15.0. The molecule has 1 aromatic heterocycles. The topological polar surface area (TPSA) is 51.2 Å². The predicted molar refractivity (Wildman–Crippen MR) is 98.1 cm³/mol. The van der Waals surface area contributed by atoms with E-state index >= 15 is 0 Å². The van der Waals surface area contributed by atoms with Gasteiger partial charge >= 0.3 is 0 Å². The van der Waals surface area contributed by atoms with Gasteiger partial charge in [-0.05, 0) is 50.3 Å². The van der Waals surface area contributed by atoms with Crippen molar-refractivity contribution in [2.75, 3.05) is 6.61 Å². The summed E-state index contributed by atoms with van der Waals surface area (Å²) in [6.45, 7) is 4.80. The number of aromatic nitrogens is 1. The van der Waals surface area contributed by atoms with Gasteiger partial charge in [0, 0.05) is 17.9 Å². The number of fused-ring (bicyclic) bond motifs is 1. The third-order valence-electron chi connectivity index (χ3n) is 4.70. The van der Waals surface area contributed by atoms with Gasteiger partial charge in [-0.3, -0.25) is 9.78 Å². The highest BCUT2D eigenvalue weighted by Crippen LogP contribution is 2.22. The van der Waals surface area contributed by atoms with Crippen molar-refractivity contribution in [2.24, 2.45) is 5.41 Å². The maximum Gasteiger partial charge on any atom is 0.228 e. The molecule has 4 nitrogen and oxygen atoms in total.